The zero-order chi connectivity index (χ0) is 26.2. The van der Waals surface area contributed by atoms with Crippen LogP contribution >= 0.6 is 11.3 Å². The molecule has 1 aliphatic rings. The first-order valence-electron chi connectivity index (χ1n) is 11.8. The number of rotatable bonds is 6. The summed E-state index contributed by atoms with van der Waals surface area (Å²) >= 11 is 1.37. The molecule has 5 rings (SSSR count). The molecule has 1 saturated heterocycles. The van der Waals surface area contributed by atoms with E-state index in [2.05, 4.69) is 20.3 Å². The molecular formula is C25H26N6O4S2. The van der Waals surface area contributed by atoms with Gasteiger partial charge in [-0.25, -0.2) is 13.4 Å². The average Bonchev–Trinajstić information content (AvgIpc) is 3.29. The number of nitrogens with one attached hydrogen (secondary N) is 1. The highest BCUT2D eigenvalue weighted by molar-refractivity contribution is 7.89. The maximum Gasteiger partial charge on any atom is 0.275 e. The van der Waals surface area contributed by atoms with Crippen molar-refractivity contribution in [3.05, 3.63) is 76.2 Å². The highest BCUT2D eigenvalue weighted by Crippen LogP contribution is 2.27. The number of nitrogens with zero attached hydrogens (tertiary/aromatic N) is 5. The van der Waals surface area contributed by atoms with Crippen molar-refractivity contribution >= 4 is 37.9 Å². The molecule has 1 amide bonds. The van der Waals surface area contributed by atoms with Crippen molar-refractivity contribution in [2.45, 2.75) is 25.3 Å². The highest BCUT2D eigenvalue weighted by Gasteiger charge is 2.28. The van der Waals surface area contributed by atoms with E-state index < -0.39 is 10.0 Å². The van der Waals surface area contributed by atoms with Crippen molar-refractivity contribution in [1.29, 1.82) is 0 Å². The van der Waals surface area contributed by atoms with Crippen LogP contribution in [0.15, 0.2) is 64.3 Å². The van der Waals surface area contributed by atoms with E-state index in [0.717, 1.165) is 16.1 Å². The Morgan fingerprint density at radius 2 is 1.76 bits per heavy atom. The number of hydrogen-bond acceptors (Lipinski definition) is 8. The summed E-state index contributed by atoms with van der Waals surface area (Å²) in [4.78, 5) is 31.4. The zero-order valence-corrected chi connectivity index (χ0v) is 22.1. The zero-order valence-electron chi connectivity index (χ0n) is 20.4. The molecule has 2 aromatic heterocycles. The van der Waals surface area contributed by atoms with Gasteiger partial charge in [-0.05, 0) is 36.8 Å². The van der Waals surface area contributed by atoms with Gasteiger partial charge in [0.2, 0.25) is 20.9 Å². The van der Waals surface area contributed by atoms with Crippen molar-refractivity contribution < 1.29 is 13.2 Å². The predicted molar refractivity (Wildman–Crippen MR) is 142 cm³/mol. The van der Waals surface area contributed by atoms with Gasteiger partial charge >= 0.3 is 0 Å². The van der Waals surface area contributed by atoms with Crippen molar-refractivity contribution in [3.8, 4) is 10.6 Å². The van der Waals surface area contributed by atoms with Crippen LogP contribution in [0.5, 0.6) is 0 Å². The van der Waals surface area contributed by atoms with E-state index in [-0.39, 0.29) is 16.4 Å². The second kappa shape index (κ2) is 10.1. The number of piperazine rings is 1. The van der Waals surface area contributed by atoms with Gasteiger partial charge in [-0.15, -0.1) is 0 Å². The third-order valence-corrected chi connectivity index (χ3v) is 9.06. The number of benzene rings is 2. The standard InChI is InChI=1S/C25H26N6O4S2/c1-17-5-3-4-6-22(17)24-28-31-23(33)15-20(27-25(31)36-24)16-29-11-13-30(14-12-29)37(34,35)21-9-7-19(8-10-21)26-18(2)32/h3-10,15H,11-14,16H2,1-2H3,(H,26,32). The fraction of sp³-hybridized carbons (Fsp3) is 0.280. The van der Waals surface area contributed by atoms with E-state index in [9.17, 15) is 18.0 Å². The smallest absolute Gasteiger partial charge is 0.275 e. The average molecular weight is 539 g/mol. The lowest BCUT2D eigenvalue weighted by Gasteiger charge is -2.33. The lowest BCUT2D eigenvalue weighted by atomic mass is 10.1. The molecule has 0 bridgehead atoms. The quantitative estimate of drug-likeness (QED) is 0.401. The second-order valence-corrected chi connectivity index (χ2v) is 11.8. The third-order valence-electron chi connectivity index (χ3n) is 6.20. The molecule has 0 saturated carbocycles. The molecule has 0 aliphatic carbocycles. The summed E-state index contributed by atoms with van der Waals surface area (Å²) < 4.78 is 28.9. The Labute approximate surface area is 218 Å². The molecule has 0 unspecified atom stereocenters. The van der Waals surface area contributed by atoms with E-state index in [1.807, 2.05) is 31.2 Å². The van der Waals surface area contributed by atoms with Crippen molar-refractivity contribution in [1.82, 2.24) is 23.8 Å². The van der Waals surface area contributed by atoms with E-state index >= 15 is 0 Å². The van der Waals surface area contributed by atoms with Gasteiger partial charge in [0.15, 0.2) is 0 Å². The molecule has 0 atom stereocenters. The molecule has 1 N–H and O–H groups in total. The summed E-state index contributed by atoms with van der Waals surface area (Å²) in [6, 6.07) is 15.5. The number of sulfonamides is 1. The topological polar surface area (TPSA) is 117 Å². The minimum Gasteiger partial charge on any atom is -0.326 e. The van der Waals surface area contributed by atoms with Crippen molar-refractivity contribution in [3.63, 3.8) is 0 Å². The number of fused-ring (bicyclic) bond motifs is 1. The molecule has 0 spiro atoms. The molecule has 1 aliphatic heterocycles. The molecule has 3 heterocycles. The maximum absolute atomic E-state index is 13.1. The van der Waals surface area contributed by atoms with E-state index in [1.54, 1.807) is 12.1 Å². The number of carbonyl (C=O) groups is 1. The van der Waals surface area contributed by atoms with Crippen LogP contribution in [0.25, 0.3) is 15.5 Å². The van der Waals surface area contributed by atoms with Gasteiger partial charge in [-0.1, -0.05) is 35.6 Å². The largest absolute Gasteiger partial charge is 0.326 e. The van der Waals surface area contributed by atoms with Crippen molar-refractivity contribution in [2.75, 3.05) is 31.5 Å². The first-order chi connectivity index (χ1) is 17.7. The first-order valence-corrected chi connectivity index (χ1v) is 14.0. The van der Waals surface area contributed by atoms with Gasteiger partial charge in [0.05, 0.1) is 10.6 Å². The minimum atomic E-state index is -3.65. The summed E-state index contributed by atoms with van der Waals surface area (Å²) in [6.07, 6.45) is 0. The number of carbonyl (C=O) groups excluding carboxylic acids is 1. The number of amides is 1. The number of aromatic nitrogens is 3. The predicted octanol–water partition coefficient (Wildman–Crippen LogP) is 2.59. The second-order valence-electron chi connectivity index (χ2n) is 8.89. The highest BCUT2D eigenvalue weighted by atomic mass is 32.2. The fourth-order valence-corrected chi connectivity index (χ4v) is 6.72. The van der Waals surface area contributed by atoms with Crippen molar-refractivity contribution in [2.24, 2.45) is 0 Å². The first kappa shape index (κ1) is 25.2. The molecule has 37 heavy (non-hydrogen) atoms. The van der Waals surface area contributed by atoms with Crippen LogP contribution in [-0.2, 0) is 21.4 Å². The Balaban J connectivity index is 1.26. The van der Waals surface area contributed by atoms with Gasteiger partial charge in [-0.2, -0.15) is 13.9 Å². The fourth-order valence-electron chi connectivity index (χ4n) is 4.28. The van der Waals surface area contributed by atoms with Crippen LogP contribution in [0, 0.1) is 6.92 Å². The van der Waals surface area contributed by atoms with Crippen LogP contribution in [0.1, 0.15) is 18.2 Å². The van der Waals surface area contributed by atoms with E-state index in [1.165, 1.54) is 45.3 Å². The summed E-state index contributed by atoms with van der Waals surface area (Å²) in [5.41, 5.74) is 2.99. The Hall–Kier alpha value is -3.45. The maximum atomic E-state index is 13.1. The van der Waals surface area contributed by atoms with Crippen LogP contribution in [0.3, 0.4) is 0 Å². The summed E-state index contributed by atoms with van der Waals surface area (Å²) in [5, 5.41) is 7.84. The number of hydrogen-bond donors (Lipinski definition) is 1. The third kappa shape index (κ3) is 5.32. The van der Waals surface area contributed by atoms with Gasteiger partial charge in [0, 0.05) is 57.0 Å². The van der Waals surface area contributed by atoms with Crippen LogP contribution in [0.4, 0.5) is 5.69 Å². The van der Waals surface area contributed by atoms with Crippen LogP contribution in [-0.4, -0.2) is 64.3 Å². The summed E-state index contributed by atoms with van der Waals surface area (Å²) in [7, 11) is -3.65. The molecule has 2 aromatic carbocycles. The Morgan fingerprint density at radius 3 is 2.43 bits per heavy atom. The molecule has 12 heteroatoms. The number of aryl methyl sites for hydroxylation is 1. The van der Waals surface area contributed by atoms with E-state index in [4.69, 9.17) is 0 Å². The Bertz CT molecular complexity index is 1620. The van der Waals surface area contributed by atoms with Gasteiger partial charge < -0.3 is 5.32 Å². The molecule has 0 radical (unpaired) electrons. The van der Waals surface area contributed by atoms with Crippen LogP contribution < -0.4 is 10.9 Å². The lowest BCUT2D eigenvalue weighted by Crippen LogP contribution is -2.48. The molecule has 192 valence electrons. The lowest BCUT2D eigenvalue weighted by molar-refractivity contribution is -0.114. The van der Waals surface area contributed by atoms with Gasteiger partial charge in [-0.3, -0.25) is 14.5 Å². The SMILES string of the molecule is CC(=O)Nc1ccc(S(=O)(=O)N2CCN(Cc3cc(=O)n4nc(-c5ccccc5C)sc4n3)CC2)cc1. The molecule has 10 nitrogen and oxygen atoms in total. The van der Waals surface area contributed by atoms with Gasteiger partial charge in [0.1, 0.15) is 5.01 Å². The molecule has 4 aromatic rings. The monoisotopic (exact) mass is 538 g/mol. The molecular weight excluding hydrogens is 512 g/mol. The molecule has 1 fully saturated rings. The minimum absolute atomic E-state index is 0.185. The Morgan fingerprint density at radius 1 is 1.05 bits per heavy atom. The summed E-state index contributed by atoms with van der Waals surface area (Å²) in [6.45, 7) is 5.54. The number of anilines is 1. The Kier molecular flexibility index (Phi) is 6.90. The summed E-state index contributed by atoms with van der Waals surface area (Å²) in [5.74, 6) is -0.217. The van der Waals surface area contributed by atoms with Crippen LogP contribution in [0.2, 0.25) is 0 Å². The van der Waals surface area contributed by atoms with E-state index in [0.29, 0.717) is 49.1 Å². The normalized spacial score (nSPS) is 15.2. The van der Waals surface area contributed by atoms with Gasteiger partial charge in [0.25, 0.3) is 5.56 Å².